The van der Waals surface area contributed by atoms with Crippen molar-refractivity contribution in [3.05, 3.63) is 62.8 Å². The van der Waals surface area contributed by atoms with Gasteiger partial charge in [-0.15, -0.1) is 0 Å². The summed E-state index contributed by atoms with van der Waals surface area (Å²) in [7, 11) is 1.27. The second-order valence-corrected chi connectivity index (χ2v) is 6.02. The smallest absolute Gasteiger partial charge is 0.333 e. The first-order valence-electron chi connectivity index (χ1n) is 6.06. The minimum atomic E-state index is -0.939. The molecule has 0 bridgehead atoms. The normalized spacial score (nSPS) is 11.8. The maximum Gasteiger partial charge on any atom is 0.333 e. The number of hydrogen-bond acceptors (Lipinski definition) is 3. The van der Waals surface area contributed by atoms with E-state index in [1.54, 1.807) is 18.2 Å². The van der Waals surface area contributed by atoms with Crippen LogP contribution in [-0.4, -0.2) is 13.1 Å². The predicted octanol–water partition coefficient (Wildman–Crippen LogP) is 4.68. The van der Waals surface area contributed by atoms with E-state index in [0.29, 0.717) is 10.2 Å². The number of ether oxygens (including phenoxy) is 1. The number of benzene rings is 2. The Labute approximate surface area is 138 Å². The third-order valence-corrected chi connectivity index (χ3v) is 4.06. The molecule has 2 rings (SSSR count). The molecule has 1 N–H and O–H groups in total. The first-order chi connectivity index (χ1) is 10.0. The second-order valence-electron chi connectivity index (χ2n) is 4.25. The number of para-hydroxylation sites is 1. The van der Waals surface area contributed by atoms with Crippen LogP contribution < -0.4 is 5.32 Å². The van der Waals surface area contributed by atoms with Gasteiger partial charge in [0.25, 0.3) is 0 Å². The minimum absolute atomic E-state index is 0.215. The Balaban J connectivity index is 2.42. The number of carbonyl (C=O) groups is 1. The highest BCUT2D eigenvalue weighted by Gasteiger charge is 2.25. The van der Waals surface area contributed by atoms with Crippen molar-refractivity contribution in [3.8, 4) is 0 Å². The van der Waals surface area contributed by atoms with Gasteiger partial charge in [-0.3, -0.25) is 0 Å². The maximum atomic E-state index is 14.0. The van der Waals surface area contributed by atoms with Crippen molar-refractivity contribution in [2.75, 3.05) is 12.4 Å². The third-order valence-electron chi connectivity index (χ3n) is 2.88. The summed E-state index contributed by atoms with van der Waals surface area (Å²) in [5.74, 6) is -1.05. The Bertz CT molecular complexity index is 664. The summed E-state index contributed by atoms with van der Waals surface area (Å²) in [6, 6.07) is 10.8. The van der Waals surface area contributed by atoms with Gasteiger partial charge in [-0.25, -0.2) is 9.18 Å². The Kier molecular flexibility index (Phi) is 5.36. The van der Waals surface area contributed by atoms with Crippen molar-refractivity contribution in [2.45, 2.75) is 6.04 Å². The van der Waals surface area contributed by atoms with Gasteiger partial charge in [-0.1, -0.05) is 28.1 Å². The molecule has 0 heterocycles. The van der Waals surface area contributed by atoms with Crippen LogP contribution in [0, 0.1) is 5.82 Å². The van der Waals surface area contributed by atoms with Crippen LogP contribution >= 0.6 is 31.9 Å². The van der Waals surface area contributed by atoms with Gasteiger partial charge < -0.3 is 10.1 Å². The Hall–Kier alpha value is -1.40. The molecule has 1 atom stereocenters. The van der Waals surface area contributed by atoms with Crippen molar-refractivity contribution in [1.29, 1.82) is 0 Å². The third kappa shape index (κ3) is 3.83. The van der Waals surface area contributed by atoms with E-state index in [1.165, 1.54) is 13.2 Å². The summed E-state index contributed by atoms with van der Waals surface area (Å²) in [5, 5.41) is 3.00. The molecule has 0 saturated heterocycles. The monoisotopic (exact) mass is 415 g/mol. The molecule has 110 valence electrons. The molecule has 1 unspecified atom stereocenters. The maximum absolute atomic E-state index is 14.0. The molecule has 0 amide bonds. The average Bonchev–Trinajstić information content (AvgIpc) is 2.48. The molecule has 3 nitrogen and oxygen atoms in total. The lowest BCUT2D eigenvalue weighted by Crippen LogP contribution is -2.23. The largest absolute Gasteiger partial charge is 0.467 e. The van der Waals surface area contributed by atoms with Gasteiger partial charge in [0.1, 0.15) is 5.82 Å². The molecule has 2 aromatic rings. The van der Waals surface area contributed by atoms with Crippen molar-refractivity contribution in [2.24, 2.45) is 0 Å². The Morgan fingerprint density at radius 1 is 1.24 bits per heavy atom. The fourth-order valence-corrected chi connectivity index (χ4v) is 2.63. The molecule has 0 saturated carbocycles. The summed E-state index contributed by atoms with van der Waals surface area (Å²) < 4.78 is 20.3. The van der Waals surface area contributed by atoms with Gasteiger partial charge in [0, 0.05) is 20.2 Å². The molecular weight excluding hydrogens is 405 g/mol. The van der Waals surface area contributed by atoms with Gasteiger partial charge in [0.2, 0.25) is 0 Å². The molecule has 0 aliphatic carbocycles. The van der Waals surface area contributed by atoms with Crippen LogP contribution in [0.5, 0.6) is 0 Å². The number of rotatable bonds is 4. The van der Waals surface area contributed by atoms with E-state index in [9.17, 15) is 9.18 Å². The molecule has 2 aromatic carbocycles. The van der Waals surface area contributed by atoms with Crippen molar-refractivity contribution in [1.82, 2.24) is 0 Å². The van der Waals surface area contributed by atoms with Crippen LogP contribution in [0.15, 0.2) is 51.4 Å². The molecule has 21 heavy (non-hydrogen) atoms. The van der Waals surface area contributed by atoms with E-state index in [-0.39, 0.29) is 5.56 Å². The number of hydrogen-bond donors (Lipinski definition) is 1. The summed E-state index contributed by atoms with van der Waals surface area (Å²) in [4.78, 5) is 12.0. The lowest BCUT2D eigenvalue weighted by atomic mass is 10.1. The zero-order chi connectivity index (χ0) is 15.4. The number of methoxy groups -OCH3 is 1. The summed E-state index contributed by atoms with van der Waals surface area (Å²) in [6.07, 6.45) is 0. The number of carbonyl (C=O) groups excluding carboxylic acids is 1. The Morgan fingerprint density at radius 2 is 1.95 bits per heavy atom. The lowest BCUT2D eigenvalue weighted by Gasteiger charge is -2.19. The van der Waals surface area contributed by atoms with Crippen LogP contribution in [0.1, 0.15) is 11.6 Å². The van der Waals surface area contributed by atoms with Crippen LogP contribution in [-0.2, 0) is 9.53 Å². The van der Waals surface area contributed by atoms with Gasteiger partial charge in [-0.05, 0) is 46.3 Å². The van der Waals surface area contributed by atoms with Gasteiger partial charge in [0.15, 0.2) is 6.04 Å². The molecule has 0 aromatic heterocycles. The Morgan fingerprint density at radius 3 is 2.62 bits per heavy atom. The summed E-state index contributed by atoms with van der Waals surface area (Å²) in [6.45, 7) is 0. The first kappa shape index (κ1) is 16.0. The van der Waals surface area contributed by atoms with E-state index in [2.05, 4.69) is 37.2 Å². The fourth-order valence-electron chi connectivity index (χ4n) is 1.85. The molecule has 0 fully saturated rings. The molecule has 0 radical (unpaired) electrons. The number of nitrogens with one attached hydrogen (secondary N) is 1. The summed E-state index contributed by atoms with van der Waals surface area (Å²) in [5.41, 5.74) is 0.888. The van der Waals surface area contributed by atoms with Crippen molar-refractivity contribution in [3.63, 3.8) is 0 Å². The average molecular weight is 417 g/mol. The van der Waals surface area contributed by atoms with Gasteiger partial charge >= 0.3 is 5.97 Å². The van der Waals surface area contributed by atoms with E-state index < -0.39 is 17.8 Å². The standard InChI is InChI=1S/C15H12Br2FNO2/c1-21-15(20)14(10-8-9(16)6-7-12(10)18)19-13-5-3-2-4-11(13)17/h2-8,14,19H,1H3. The second kappa shape index (κ2) is 7.04. The lowest BCUT2D eigenvalue weighted by molar-refractivity contribution is -0.141. The van der Waals surface area contributed by atoms with Crippen molar-refractivity contribution < 1.29 is 13.9 Å². The van der Waals surface area contributed by atoms with Crippen LogP contribution in [0.2, 0.25) is 0 Å². The summed E-state index contributed by atoms with van der Waals surface area (Å²) >= 11 is 6.66. The highest BCUT2D eigenvalue weighted by Crippen LogP contribution is 2.29. The quantitative estimate of drug-likeness (QED) is 0.735. The molecule has 6 heteroatoms. The number of anilines is 1. The highest BCUT2D eigenvalue weighted by molar-refractivity contribution is 9.10. The van der Waals surface area contributed by atoms with E-state index in [1.807, 2.05) is 18.2 Å². The fraction of sp³-hybridized carbons (Fsp3) is 0.133. The zero-order valence-corrected chi connectivity index (χ0v) is 14.2. The van der Waals surface area contributed by atoms with E-state index in [4.69, 9.17) is 4.74 Å². The number of esters is 1. The first-order valence-corrected chi connectivity index (χ1v) is 7.65. The zero-order valence-electron chi connectivity index (χ0n) is 11.1. The molecular formula is C15H12Br2FNO2. The number of halogens is 3. The SMILES string of the molecule is COC(=O)C(Nc1ccccc1Br)c1cc(Br)ccc1F. The molecule has 0 spiro atoms. The van der Waals surface area contributed by atoms with E-state index in [0.717, 1.165) is 4.47 Å². The minimum Gasteiger partial charge on any atom is -0.467 e. The highest BCUT2D eigenvalue weighted by atomic mass is 79.9. The van der Waals surface area contributed by atoms with Crippen LogP contribution in [0.4, 0.5) is 10.1 Å². The van der Waals surface area contributed by atoms with E-state index >= 15 is 0 Å². The molecule has 0 aliphatic heterocycles. The topological polar surface area (TPSA) is 38.3 Å². The van der Waals surface area contributed by atoms with Crippen LogP contribution in [0.3, 0.4) is 0 Å². The predicted molar refractivity (Wildman–Crippen MR) is 86.6 cm³/mol. The van der Waals surface area contributed by atoms with Crippen molar-refractivity contribution >= 4 is 43.5 Å². The van der Waals surface area contributed by atoms with Gasteiger partial charge in [-0.2, -0.15) is 0 Å². The molecule has 0 aliphatic rings. The van der Waals surface area contributed by atoms with Gasteiger partial charge in [0.05, 0.1) is 7.11 Å². The van der Waals surface area contributed by atoms with Crippen LogP contribution in [0.25, 0.3) is 0 Å².